The number of para-hydroxylation sites is 1. The molecule has 0 atom stereocenters. The Bertz CT molecular complexity index is 3590. The van der Waals surface area contributed by atoms with Gasteiger partial charge >= 0.3 is 0 Å². The van der Waals surface area contributed by atoms with Gasteiger partial charge in [0.1, 0.15) is 0 Å². The Morgan fingerprint density at radius 2 is 0.810 bits per heavy atom. The first-order valence-electron chi connectivity index (χ1n) is 19.8. The molecule has 3 heterocycles. The van der Waals surface area contributed by atoms with Gasteiger partial charge in [-0.25, -0.2) is 15.0 Å². The van der Waals surface area contributed by atoms with Crippen molar-refractivity contribution in [1.29, 1.82) is 0 Å². The predicted molar refractivity (Wildman–Crippen MR) is 244 cm³/mol. The van der Waals surface area contributed by atoms with E-state index in [2.05, 4.69) is 194 Å². The van der Waals surface area contributed by atoms with Crippen molar-refractivity contribution in [3.63, 3.8) is 0 Å². The number of benzene rings is 9. The molecule has 9 aromatic carbocycles. The van der Waals surface area contributed by atoms with Crippen LogP contribution in [-0.4, -0.2) is 15.0 Å². The summed E-state index contributed by atoms with van der Waals surface area (Å²) >= 11 is 0. The maximum atomic E-state index is 5.24. The summed E-state index contributed by atoms with van der Waals surface area (Å²) in [4.78, 5) is 15.6. The van der Waals surface area contributed by atoms with E-state index in [4.69, 9.17) is 15.0 Å². The molecule has 0 aliphatic carbocycles. The molecule has 3 aromatic heterocycles. The lowest BCUT2D eigenvalue weighted by atomic mass is 9.93. The number of nitrogens with zero attached hydrogens (tertiary/aromatic N) is 3. The van der Waals surface area contributed by atoms with Crippen molar-refractivity contribution in [1.82, 2.24) is 15.0 Å². The van der Waals surface area contributed by atoms with Gasteiger partial charge in [-0.2, -0.15) is 0 Å². The second-order valence-electron chi connectivity index (χ2n) is 15.2. The molecule has 0 unspecified atom stereocenters. The average Bonchev–Trinajstić information content (AvgIpc) is 3.30. The van der Waals surface area contributed by atoms with E-state index in [0.29, 0.717) is 0 Å². The van der Waals surface area contributed by atoms with Gasteiger partial charge in [-0.15, -0.1) is 0 Å². The molecule has 0 bridgehead atoms. The monoisotopic (exact) mass is 735 g/mol. The molecule has 12 rings (SSSR count). The third kappa shape index (κ3) is 5.25. The van der Waals surface area contributed by atoms with Crippen molar-refractivity contribution < 1.29 is 0 Å². The van der Waals surface area contributed by atoms with Crippen LogP contribution in [0.3, 0.4) is 0 Å². The lowest BCUT2D eigenvalue weighted by Gasteiger charge is -2.13. The molecule has 0 fully saturated rings. The van der Waals surface area contributed by atoms with E-state index in [1.165, 1.54) is 59.6 Å². The zero-order chi connectivity index (χ0) is 38.2. The third-order valence-corrected chi connectivity index (χ3v) is 11.8. The van der Waals surface area contributed by atoms with Gasteiger partial charge in [-0.3, -0.25) is 0 Å². The first-order chi connectivity index (χ1) is 28.7. The molecule has 58 heavy (non-hydrogen) atoms. The minimum atomic E-state index is 0.917. The lowest BCUT2D eigenvalue weighted by Crippen LogP contribution is -1.91. The summed E-state index contributed by atoms with van der Waals surface area (Å²) < 4.78 is 0. The van der Waals surface area contributed by atoms with Crippen LogP contribution in [0, 0.1) is 0 Å². The molecule has 0 radical (unpaired) electrons. The Hall–Kier alpha value is -7.75. The lowest BCUT2D eigenvalue weighted by molar-refractivity contribution is 1.37. The number of hydrogen-bond acceptors (Lipinski definition) is 3. The van der Waals surface area contributed by atoms with Crippen molar-refractivity contribution in [2.45, 2.75) is 0 Å². The molecule has 3 heteroatoms. The molecule has 0 saturated heterocycles. The summed E-state index contributed by atoms with van der Waals surface area (Å²) in [5.74, 6) is 0. The Morgan fingerprint density at radius 3 is 1.62 bits per heavy atom. The first-order valence-corrected chi connectivity index (χ1v) is 19.8. The van der Waals surface area contributed by atoms with E-state index in [1.807, 2.05) is 6.07 Å². The van der Waals surface area contributed by atoms with Gasteiger partial charge in [0.25, 0.3) is 0 Å². The van der Waals surface area contributed by atoms with E-state index in [0.717, 1.165) is 61.1 Å². The second-order valence-corrected chi connectivity index (χ2v) is 15.2. The normalized spacial score (nSPS) is 11.8. The van der Waals surface area contributed by atoms with Crippen LogP contribution in [-0.2, 0) is 0 Å². The Balaban J connectivity index is 0.918. The highest BCUT2D eigenvalue weighted by Gasteiger charge is 2.14. The highest BCUT2D eigenvalue weighted by molar-refractivity contribution is 6.22. The fourth-order valence-corrected chi connectivity index (χ4v) is 8.86. The van der Waals surface area contributed by atoms with Crippen LogP contribution in [0.2, 0.25) is 0 Å². The van der Waals surface area contributed by atoms with E-state index in [9.17, 15) is 0 Å². The second kappa shape index (κ2) is 12.9. The molecule has 0 N–H and O–H groups in total. The highest BCUT2D eigenvalue weighted by Crippen LogP contribution is 2.39. The third-order valence-electron chi connectivity index (χ3n) is 11.8. The van der Waals surface area contributed by atoms with Crippen LogP contribution in [0.5, 0.6) is 0 Å². The predicted octanol–water partition coefficient (Wildman–Crippen LogP) is 14.6. The van der Waals surface area contributed by atoms with E-state index < -0.39 is 0 Å². The molecule has 0 aliphatic heterocycles. The van der Waals surface area contributed by atoms with E-state index in [-0.39, 0.29) is 0 Å². The van der Waals surface area contributed by atoms with Crippen molar-refractivity contribution >= 4 is 75.8 Å². The quantitative estimate of drug-likeness (QED) is 0.169. The highest BCUT2D eigenvalue weighted by atomic mass is 14.8. The van der Waals surface area contributed by atoms with E-state index >= 15 is 0 Å². The van der Waals surface area contributed by atoms with Gasteiger partial charge in [0, 0.05) is 43.6 Å². The van der Waals surface area contributed by atoms with Crippen LogP contribution in [0.1, 0.15) is 0 Å². The molecule has 0 saturated carbocycles. The SMILES string of the molecule is c1ccc(-c2ccc3ccc4ccc(-c5ccc6c(ccc7ccc(-c8ccc(-c9nc%10ccccc%10c%10c9ccc9ccccc9%10)cc8)cc76)c5)nc4c3n2)cc1. The summed E-state index contributed by atoms with van der Waals surface area (Å²) in [6, 6.07) is 71.6. The van der Waals surface area contributed by atoms with Crippen LogP contribution in [0.25, 0.3) is 121 Å². The zero-order valence-corrected chi connectivity index (χ0v) is 31.4. The minimum Gasteiger partial charge on any atom is -0.247 e. The van der Waals surface area contributed by atoms with Crippen LogP contribution in [0.15, 0.2) is 200 Å². The zero-order valence-electron chi connectivity index (χ0n) is 31.4. The van der Waals surface area contributed by atoms with E-state index in [1.54, 1.807) is 0 Å². The maximum absolute atomic E-state index is 5.24. The Kier molecular flexibility index (Phi) is 7.23. The molecular weight excluding hydrogens is 703 g/mol. The number of fused-ring (bicyclic) bond motifs is 11. The van der Waals surface area contributed by atoms with Gasteiger partial charge in [-0.05, 0) is 73.8 Å². The van der Waals surface area contributed by atoms with Gasteiger partial charge in [-0.1, -0.05) is 170 Å². The van der Waals surface area contributed by atoms with Gasteiger partial charge in [0.05, 0.1) is 33.6 Å². The maximum Gasteiger partial charge on any atom is 0.0972 e. The van der Waals surface area contributed by atoms with Crippen molar-refractivity contribution in [2.75, 3.05) is 0 Å². The number of hydrogen-bond donors (Lipinski definition) is 0. The largest absolute Gasteiger partial charge is 0.247 e. The molecular formula is C55H33N3. The van der Waals surface area contributed by atoms with Gasteiger partial charge in [0.15, 0.2) is 0 Å². The summed E-state index contributed by atoms with van der Waals surface area (Å²) in [5, 5.41) is 13.1. The minimum absolute atomic E-state index is 0.917. The topological polar surface area (TPSA) is 38.7 Å². The smallest absolute Gasteiger partial charge is 0.0972 e. The number of rotatable bonds is 4. The molecule has 12 aromatic rings. The fourth-order valence-electron chi connectivity index (χ4n) is 8.86. The van der Waals surface area contributed by atoms with Gasteiger partial charge in [0.2, 0.25) is 0 Å². The average molecular weight is 736 g/mol. The Morgan fingerprint density at radius 1 is 0.259 bits per heavy atom. The number of pyridine rings is 3. The van der Waals surface area contributed by atoms with Crippen molar-refractivity contribution in [3.8, 4) is 44.9 Å². The molecule has 0 amide bonds. The van der Waals surface area contributed by atoms with Crippen LogP contribution in [0.4, 0.5) is 0 Å². The van der Waals surface area contributed by atoms with Gasteiger partial charge < -0.3 is 0 Å². The van der Waals surface area contributed by atoms with Crippen molar-refractivity contribution in [3.05, 3.63) is 200 Å². The van der Waals surface area contributed by atoms with Crippen LogP contribution < -0.4 is 0 Å². The summed E-state index contributed by atoms with van der Waals surface area (Å²) in [7, 11) is 0. The standard InChI is InChI=1S/C55H33N3/c1-2-9-37(10-3-1)49-30-26-39-20-21-40-27-31-50(57-55(40)54(39)56-49)43-25-28-44-42(32-43)23-17-36-16-22-41(33-48(36)44)34-14-18-38(19-15-34)53-47-29-24-35-8-4-5-11-45(35)52(47)46-12-6-7-13-51(46)58-53/h1-33H. The molecule has 3 nitrogen and oxygen atoms in total. The summed E-state index contributed by atoms with van der Waals surface area (Å²) in [5.41, 5.74) is 11.4. The summed E-state index contributed by atoms with van der Waals surface area (Å²) in [6.07, 6.45) is 0. The molecule has 0 spiro atoms. The number of aromatic nitrogens is 3. The Labute approximate surface area is 334 Å². The fraction of sp³-hybridized carbons (Fsp3) is 0. The molecule has 268 valence electrons. The van der Waals surface area contributed by atoms with Crippen LogP contribution >= 0.6 is 0 Å². The summed E-state index contributed by atoms with van der Waals surface area (Å²) in [6.45, 7) is 0. The molecule has 0 aliphatic rings. The first kappa shape index (κ1) is 32.5. The van der Waals surface area contributed by atoms with Crippen molar-refractivity contribution in [2.24, 2.45) is 0 Å².